The fourth-order valence-corrected chi connectivity index (χ4v) is 2.39. The van der Waals surface area contributed by atoms with Crippen LogP contribution in [-0.2, 0) is 13.1 Å². The van der Waals surface area contributed by atoms with Gasteiger partial charge < -0.3 is 5.32 Å². The van der Waals surface area contributed by atoms with Crippen molar-refractivity contribution in [2.45, 2.75) is 20.0 Å². The highest BCUT2D eigenvalue weighted by Gasteiger charge is 2.09. The van der Waals surface area contributed by atoms with E-state index in [2.05, 4.69) is 20.8 Å². The first kappa shape index (κ1) is 16.7. The molecule has 3 rings (SSSR count). The molecule has 7 nitrogen and oxygen atoms in total. The van der Waals surface area contributed by atoms with Crippen LogP contribution < -0.4 is 10.6 Å². The average molecular weight is 342 g/mol. The van der Waals surface area contributed by atoms with Crippen LogP contribution in [0.25, 0.3) is 0 Å². The van der Waals surface area contributed by atoms with Crippen molar-refractivity contribution in [3.8, 4) is 0 Å². The molecular formula is C17H19FN6O. The van der Waals surface area contributed by atoms with Crippen molar-refractivity contribution in [3.63, 3.8) is 0 Å². The zero-order valence-corrected chi connectivity index (χ0v) is 13.8. The van der Waals surface area contributed by atoms with E-state index in [0.29, 0.717) is 24.5 Å². The predicted octanol–water partition coefficient (Wildman–Crippen LogP) is 2.40. The molecule has 2 amide bonds. The lowest BCUT2D eigenvalue weighted by atomic mass is 10.2. The number of aryl methyl sites for hydroxylation is 1. The third kappa shape index (κ3) is 4.43. The van der Waals surface area contributed by atoms with Gasteiger partial charge in [0.15, 0.2) is 0 Å². The standard InChI is InChI=1S/C17H19FN6O/c1-13-10-21-23(11-13)9-8-19-17(25)22-16-6-7-20-24(16)12-14-4-2-3-5-15(14)18/h2-7,10-11H,8-9,12H2,1H3,(H2,19,22,25). The van der Waals surface area contributed by atoms with Crippen molar-refractivity contribution in [1.29, 1.82) is 0 Å². The highest BCUT2D eigenvalue weighted by Crippen LogP contribution is 2.12. The third-order valence-electron chi connectivity index (χ3n) is 3.62. The number of hydrogen-bond donors (Lipinski definition) is 2. The van der Waals surface area contributed by atoms with Crippen LogP contribution in [0.15, 0.2) is 48.9 Å². The summed E-state index contributed by atoms with van der Waals surface area (Å²) in [5.74, 6) is 0.193. The molecule has 0 fully saturated rings. The lowest BCUT2D eigenvalue weighted by molar-refractivity contribution is 0.251. The molecule has 130 valence electrons. The molecule has 0 atom stereocenters. The van der Waals surface area contributed by atoms with Gasteiger partial charge in [0.2, 0.25) is 0 Å². The van der Waals surface area contributed by atoms with Crippen LogP contribution in [0.3, 0.4) is 0 Å². The zero-order valence-electron chi connectivity index (χ0n) is 13.8. The Bertz CT molecular complexity index is 856. The number of aromatic nitrogens is 4. The Balaban J connectivity index is 1.53. The van der Waals surface area contributed by atoms with E-state index < -0.39 is 0 Å². The molecule has 2 aromatic heterocycles. The highest BCUT2D eigenvalue weighted by atomic mass is 19.1. The SMILES string of the molecule is Cc1cnn(CCNC(=O)Nc2ccnn2Cc2ccccc2F)c1. The Morgan fingerprint density at radius 3 is 2.84 bits per heavy atom. The first-order valence-electron chi connectivity index (χ1n) is 7.91. The first-order chi connectivity index (χ1) is 12.1. The number of rotatable bonds is 6. The summed E-state index contributed by atoms with van der Waals surface area (Å²) in [6, 6.07) is 7.80. The molecular weight excluding hydrogens is 323 g/mol. The van der Waals surface area contributed by atoms with E-state index in [1.165, 1.54) is 10.7 Å². The number of carbonyl (C=O) groups excluding carboxylic acids is 1. The van der Waals surface area contributed by atoms with Crippen molar-refractivity contribution < 1.29 is 9.18 Å². The summed E-state index contributed by atoms with van der Waals surface area (Å²) in [5.41, 5.74) is 1.57. The number of urea groups is 1. The molecule has 3 aromatic rings. The third-order valence-corrected chi connectivity index (χ3v) is 3.62. The van der Waals surface area contributed by atoms with Gasteiger partial charge in [0.25, 0.3) is 0 Å². The Kier molecular flexibility index (Phi) is 5.08. The molecule has 25 heavy (non-hydrogen) atoms. The number of carbonyl (C=O) groups is 1. The van der Waals surface area contributed by atoms with E-state index in [-0.39, 0.29) is 18.4 Å². The van der Waals surface area contributed by atoms with E-state index in [4.69, 9.17) is 0 Å². The number of benzene rings is 1. The van der Waals surface area contributed by atoms with Crippen LogP contribution in [-0.4, -0.2) is 32.1 Å². The molecule has 0 radical (unpaired) electrons. The summed E-state index contributed by atoms with van der Waals surface area (Å²) >= 11 is 0. The molecule has 0 saturated heterocycles. The molecule has 2 N–H and O–H groups in total. The quantitative estimate of drug-likeness (QED) is 0.722. The van der Waals surface area contributed by atoms with Crippen LogP contribution >= 0.6 is 0 Å². The summed E-state index contributed by atoms with van der Waals surface area (Å²) < 4.78 is 17.1. The number of hydrogen-bond acceptors (Lipinski definition) is 3. The van der Waals surface area contributed by atoms with Crippen LogP contribution in [0.1, 0.15) is 11.1 Å². The van der Waals surface area contributed by atoms with Gasteiger partial charge in [-0.3, -0.25) is 10.00 Å². The molecule has 0 bridgehead atoms. The van der Waals surface area contributed by atoms with Gasteiger partial charge in [-0.05, 0) is 18.6 Å². The molecule has 0 aliphatic carbocycles. The number of halogens is 1. The summed E-state index contributed by atoms with van der Waals surface area (Å²) in [4.78, 5) is 12.0. The molecule has 2 heterocycles. The van der Waals surface area contributed by atoms with Crippen LogP contribution in [0, 0.1) is 12.7 Å². The van der Waals surface area contributed by atoms with Gasteiger partial charge in [-0.15, -0.1) is 0 Å². The molecule has 0 aliphatic heterocycles. The predicted molar refractivity (Wildman–Crippen MR) is 91.7 cm³/mol. The number of anilines is 1. The smallest absolute Gasteiger partial charge is 0.320 e. The lowest BCUT2D eigenvalue weighted by Gasteiger charge is -2.11. The topological polar surface area (TPSA) is 76.8 Å². The summed E-state index contributed by atoms with van der Waals surface area (Å²) in [6.45, 7) is 3.21. The maximum Gasteiger partial charge on any atom is 0.320 e. The van der Waals surface area contributed by atoms with Gasteiger partial charge in [-0.1, -0.05) is 18.2 Å². The second-order valence-corrected chi connectivity index (χ2v) is 5.63. The fourth-order valence-electron chi connectivity index (χ4n) is 2.39. The van der Waals surface area contributed by atoms with E-state index in [1.807, 2.05) is 13.1 Å². The summed E-state index contributed by atoms with van der Waals surface area (Å²) in [5, 5.41) is 13.8. The minimum atomic E-state index is -0.348. The van der Waals surface area contributed by atoms with Gasteiger partial charge in [0.1, 0.15) is 11.6 Å². The van der Waals surface area contributed by atoms with E-state index in [0.717, 1.165) is 5.56 Å². The maximum atomic E-state index is 13.8. The number of amides is 2. The second-order valence-electron chi connectivity index (χ2n) is 5.63. The second kappa shape index (κ2) is 7.61. The molecule has 0 aliphatic rings. The summed E-state index contributed by atoms with van der Waals surface area (Å²) in [6.07, 6.45) is 5.23. The Morgan fingerprint density at radius 1 is 1.24 bits per heavy atom. The van der Waals surface area contributed by atoms with Crippen molar-refractivity contribution in [3.05, 3.63) is 65.9 Å². The van der Waals surface area contributed by atoms with Gasteiger partial charge in [0, 0.05) is 24.4 Å². The van der Waals surface area contributed by atoms with Crippen LogP contribution in [0.5, 0.6) is 0 Å². The van der Waals surface area contributed by atoms with Crippen LogP contribution in [0.2, 0.25) is 0 Å². The van der Waals surface area contributed by atoms with Crippen molar-refractivity contribution in [2.24, 2.45) is 0 Å². The first-order valence-corrected chi connectivity index (χ1v) is 7.91. The molecule has 0 unspecified atom stereocenters. The van der Waals surface area contributed by atoms with Crippen molar-refractivity contribution >= 4 is 11.8 Å². The molecule has 0 saturated carbocycles. The molecule has 0 spiro atoms. The number of nitrogens with one attached hydrogen (secondary N) is 2. The normalized spacial score (nSPS) is 10.6. The molecule has 8 heteroatoms. The van der Waals surface area contributed by atoms with Gasteiger partial charge in [-0.2, -0.15) is 10.2 Å². The lowest BCUT2D eigenvalue weighted by Crippen LogP contribution is -2.32. The van der Waals surface area contributed by atoms with Crippen molar-refractivity contribution in [1.82, 2.24) is 24.9 Å². The maximum absolute atomic E-state index is 13.8. The highest BCUT2D eigenvalue weighted by molar-refractivity contribution is 5.88. The Hall–Kier alpha value is -3.16. The molecule has 1 aromatic carbocycles. The number of nitrogens with zero attached hydrogens (tertiary/aromatic N) is 4. The Morgan fingerprint density at radius 2 is 2.08 bits per heavy atom. The summed E-state index contributed by atoms with van der Waals surface area (Å²) in [7, 11) is 0. The van der Waals surface area contributed by atoms with Crippen molar-refractivity contribution in [2.75, 3.05) is 11.9 Å². The van der Waals surface area contributed by atoms with Gasteiger partial charge >= 0.3 is 6.03 Å². The fraction of sp³-hybridized carbons (Fsp3) is 0.235. The van der Waals surface area contributed by atoms with Gasteiger partial charge in [0.05, 0.1) is 25.5 Å². The monoisotopic (exact) mass is 342 g/mol. The minimum absolute atomic E-state index is 0.238. The average Bonchev–Trinajstić information content (AvgIpc) is 3.19. The van der Waals surface area contributed by atoms with Crippen LogP contribution in [0.4, 0.5) is 15.0 Å². The van der Waals surface area contributed by atoms with E-state index >= 15 is 0 Å². The largest absolute Gasteiger partial charge is 0.336 e. The van der Waals surface area contributed by atoms with Gasteiger partial charge in [-0.25, -0.2) is 13.9 Å². The van der Waals surface area contributed by atoms with E-state index in [1.54, 1.807) is 41.3 Å². The zero-order chi connectivity index (χ0) is 17.6. The minimum Gasteiger partial charge on any atom is -0.336 e. The Labute approximate surface area is 144 Å². The van der Waals surface area contributed by atoms with E-state index in [9.17, 15) is 9.18 Å².